The Morgan fingerprint density at radius 2 is 1.95 bits per heavy atom. The van der Waals surface area contributed by atoms with Gasteiger partial charge in [-0.1, -0.05) is 0 Å². The van der Waals surface area contributed by atoms with Crippen molar-refractivity contribution >= 4 is 11.9 Å². The van der Waals surface area contributed by atoms with Gasteiger partial charge in [0.25, 0.3) is 5.91 Å². The zero-order chi connectivity index (χ0) is 14.5. The summed E-state index contributed by atoms with van der Waals surface area (Å²) in [6, 6.07) is 7.64. The Morgan fingerprint density at radius 1 is 1.25 bits per heavy atom. The molecule has 7 nitrogen and oxygen atoms in total. The highest BCUT2D eigenvalue weighted by atomic mass is 16.5. The van der Waals surface area contributed by atoms with Crippen LogP contribution in [0.1, 0.15) is 20.8 Å². The van der Waals surface area contributed by atoms with Crippen molar-refractivity contribution in [1.82, 2.24) is 9.78 Å². The summed E-state index contributed by atoms with van der Waals surface area (Å²) in [5.41, 5.74) is 5.50. The predicted molar refractivity (Wildman–Crippen MR) is 69.6 cm³/mol. The molecule has 0 saturated heterocycles. The molecule has 1 aromatic carbocycles. The third-order valence-corrected chi connectivity index (χ3v) is 2.58. The number of aromatic carboxylic acids is 1. The van der Waals surface area contributed by atoms with Crippen molar-refractivity contribution < 1.29 is 19.4 Å². The minimum absolute atomic E-state index is 0.204. The first-order valence-electron chi connectivity index (χ1n) is 5.85. The lowest BCUT2D eigenvalue weighted by Crippen LogP contribution is -2.14. The van der Waals surface area contributed by atoms with E-state index in [1.807, 2.05) is 0 Å². The SMILES string of the molecule is NC(=O)c1ccn(CCOc2ccc(C(=O)O)cc2)n1. The van der Waals surface area contributed by atoms with E-state index in [4.69, 9.17) is 15.6 Å². The summed E-state index contributed by atoms with van der Waals surface area (Å²) in [5.74, 6) is -0.988. The summed E-state index contributed by atoms with van der Waals surface area (Å²) in [5, 5.41) is 12.7. The summed E-state index contributed by atoms with van der Waals surface area (Å²) in [7, 11) is 0. The minimum Gasteiger partial charge on any atom is -0.492 e. The number of hydrogen-bond donors (Lipinski definition) is 2. The van der Waals surface area contributed by atoms with E-state index >= 15 is 0 Å². The van der Waals surface area contributed by atoms with E-state index in [-0.39, 0.29) is 11.3 Å². The lowest BCUT2D eigenvalue weighted by atomic mass is 10.2. The number of amides is 1. The van der Waals surface area contributed by atoms with E-state index < -0.39 is 11.9 Å². The van der Waals surface area contributed by atoms with Gasteiger partial charge in [0, 0.05) is 6.20 Å². The molecule has 20 heavy (non-hydrogen) atoms. The van der Waals surface area contributed by atoms with Gasteiger partial charge in [-0.2, -0.15) is 5.10 Å². The number of hydrogen-bond acceptors (Lipinski definition) is 4. The van der Waals surface area contributed by atoms with Crippen LogP contribution in [0.2, 0.25) is 0 Å². The smallest absolute Gasteiger partial charge is 0.335 e. The van der Waals surface area contributed by atoms with Crippen LogP contribution in [0.15, 0.2) is 36.5 Å². The Balaban J connectivity index is 1.85. The predicted octanol–water partition coefficient (Wildman–Crippen LogP) is 0.759. The zero-order valence-electron chi connectivity index (χ0n) is 10.5. The highest BCUT2D eigenvalue weighted by Gasteiger charge is 2.05. The average Bonchev–Trinajstić information content (AvgIpc) is 2.88. The summed E-state index contributed by atoms with van der Waals surface area (Å²) in [6.07, 6.45) is 1.64. The fraction of sp³-hybridized carbons (Fsp3) is 0.154. The van der Waals surface area contributed by atoms with Crippen LogP contribution in [0.5, 0.6) is 5.75 Å². The number of primary amides is 1. The molecule has 2 rings (SSSR count). The number of carbonyl (C=O) groups is 2. The molecule has 7 heteroatoms. The molecule has 3 N–H and O–H groups in total. The molecule has 0 aliphatic heterocycles. The van der Waals surface area contributed by atoms with E-state index in [2.05, 4.69) is 5.10 Å². The lowest BCUT2D eigenvalue weighted by molar-refractivity contribution is 0.0696. The van der Waals surface area contributed by atoms with Crippen LogP contribution in [-0.2, 0) is 6.54 Å². The Kier molecular flexibility index (Phi) is 3.99. The quantitative estimate of drug-likeness (QED) is 0.809. The molecule has 0 unspecified atom stereocenters. The van der Waals surface area contributed by atoms with Gasteiger partial charge in [-0.25, -0.2) is 4.79 Å². The van der Waals surface area contributed by atoms with Crippen LogP contribution < -0.4 is 10.5 Å². The fourth-order valence-corrected chi connectivity index (χ4v) is 1.57. The molecule has 0 fully saturated rings. The van der Waals surface area contributed by atoms with Crippen molar-refractivity contribution in [3.05, 3.63) is 47.8 Å². The second-order valence-corrected chi connectivity index (χ2v) is 4.01. The number of carbonyl (C=O) groups excluding carboxylic acids is 1. The zero-order valence-corrected chi connectivity index (χ0v) is 10.5. The van der Waals surface area contributed by atoms with Crippen LogP contribution in [0, 0.1) is 0 Å². The molecule has 1 heterocycles. The van der Waals surface area contributed by atoms with Gasteiger partial charge in [0.05, 0.1) is 12.1 Å². The van der Waals surface area contributed by atoms with Gasteiger partial charge in [-0.3, -0.25) is 9.48 Å². The average molecular weight is 275 g/mol. The molecule has 0 spiro atoms. The van der Waals surface area contributed by atoms with Gasteiger partial charge in [-0.15, -0.1) is 0 Å². The first-order chi connectivity index (χ1) is 9.56. The van der Waals surface area contributed by atoms with Gasteiger partial charge < -0.3 is 15.6 Å². The Labute approximate surface area is 114 Å². The lowest BCUT2D eigenvalue weighted by Gasteiger charge is -2.06. The number of carboxylic acid groups (broad SMARTS) is 1. The number of ether oxygens (including phenoxy) is 1. The monoisotopic (exact) mass is 275 g/mol. The Morgan fingerprint density at radius 3 is 2.50 bits per heavy atom. The minimum atomic E-state index is -0.980. The van der Waals surface area contributed by atoms with E-state index in [0.29, 0.717) is 18.9 Å². The highest BCUT2D eigenvalue weighted by Crippen LogP contribution is 2.12. The highest BCUT2D eigenvalue weighted by molar-refractivity contribution is 5.90. The molecule has 0 bridgehead atoms. The topological polar surface area (TPSA) is 107 Å². The van der Waals surface area contributed by atoms with Crippen molar-refractivity contribution in [3.8, 4) is 5.75 Å². The van der Waals surface area contributed by atoms with Crippen molar-refractivity contribution in [2.45, 2.75) is 6.54 Å². The summed E-state index contributed by atoms with van der Waals surface area (Å²) >= 11 is 0. The molecule has 0 aliphatic carbocycles. The number of rotatable bonds is 6. The van der Waals surface area contributed by atoms with E-state index in [9.17, 15) is 9.59 Å². The van der Waals surface area contributed by atoms with Gasteiger partial charge >= 0.3 is 5.97 Å². The first-order valence-corrected chi connectivity index (χ1v) is 5.85. The number of carboxylic acids is 1. The van der Waals surface area contributed by atoms with E-state index in [0.717, 1.165) is 0 Å². The van der Waals surface area contributed by atoms with Gasteiger partial charge in [0.2, 0.25) is 0 Å². The molecule has 1 amide bonds. The largest absolute Gasteiger partial charge is 0.492 e. The first kappa shape index (κ1) is 13.6. The van der Waals surface area contributed by atoms with Gasteiger partial charge in [0.1, 0.15) is 18.1 Å². The number of nitrogens with two attached hydrogens (primary N) is 1. The van der Waals surface area contributed by atoms with E-state index in [1.165, 1.54) is 18.2 Å². The Bertz CT molecular complexity index is 619. The van der Waals surface area contributed by atoms with Gasteiger partial charge in [0.15, 0.2) is 0 Å². The Hall–Kier alpha value is -2.83. The molecular weight excluding hydrogens is 262 g/mol. The van der Waals surface area contributed by atoms with Gasteiger partial charge in [-0.05, 0) is 30.3 Å². The number of aromatic nitrogens is 2. The summed E-state index contributed by atoms with van der Waals surface area (Å²) in [6.45, 7) is 0.792. The van der Waals surface area contributed by atoms with Crippen LogP contribution in [-0.4, -0.2) is 33.4 Å². The third kappa shape index (κ3) is 3.35. The summed E-state index contributed by atoms with van der Waals surface area (Å²) < 4.78 is 6.99. The normalized spacial score (nSPS) is 10.2. The van der Waals surface area contributed by atoms with Crippen LogP contribution in [0.3, 0.4) is 0 Å². The number of benzene rings is 1. The standard InChI is InChI=1S/C13H13N3O4/c14-12(17)11-5-6-16(15-11)7-8-20-10-3-1-9(2-4-10)13(18)19/h1-6H,7-8H2,(H2,14,17)(H,18,19). The third-order valence-electron chi connectivity index (χ3n) is 2.58. The second-order valence-electron chi connectivity index (χ2n) is 4.01. The van der Waals surface area contributed by atoms with Crippen LogP contribution >= 0.6 is 0 Å². The molecule has 1 aromatic heterocycles. The molecule has 0 radical (unpaired) electrons. The molecule has 0 atom stereocenters. The summed E-state index contributed by atoms with van der Waals surface area (Å²) in [4.78, 5) is 21.5. The molecule has 0 aliphatic rings. The number of nitrogens with zero attached hydrogens (tertiary/aromatic N) is 2. The maximum absolute atomic E-state index is 10.9. The molecule has 2 aromatic rings. The molecule has 0 saturated carbocycles. The molecule has 104 valence electrons. The molecular formula is C13H13N3O4. The van der Waals surface area contributed by atoms with Crippen molar-refractivity contribution in [3.63, 3.8) is 0 Å². The van der Waals surface area contributed by atoms with Crippen molar-refractivity contribution in [2.75, 3.05) is 6.61 Å². The van der Waals surface area contributed by atoms with Crippen LogP contribution in [0.4, 0.5) is 0 Å². The maximum Gasteiger partial charge on any atom is 0.335 e. The van der Waals surface area contributed by atoms with Crippen molar-refractivity contribution in [2.24, 2.45) is 5.73 Å². The maximum atomic E-state index is 10.9. The van der Waals surface area contributed by atoms with E-state index in [1.54, 1.807) is 23.0 Å². The fourth-order valence-electron chi connectivity index (χ4n) is 1.57. The van der Waals surface area contributed by atoms with Crippen molar-refractivity contribution in [1.29, 1.82) is 0 Å². The van der Waals surface area contributed by atoms with Crippen LogP contribution in [0.25, 0.3) is 0 Å². The second kappa shape index (κ2) is 5.87.